The van der Waals surface area contributed by atoms with Crippen LogP contribution in [0.25, 0.3) is 0 Å². The van der Waals surface area contributed by atoms with Crippen LogP contribution in [0.5, 0.6) is 5.75 Å². The van der Waals surface area contributed by atoms with Gasteiger partial charge in [-0.25, -0.2) is 4.79 Å². The third-order valence-corrected chi connectivity index (χ3v) is 8.05. The molecule has 0 saturated heterocycles. The number of methoxy groups -OCH3 is 1. The molecule has 1 aliphatic heterocycles. The zero-order valence-corrected chi connectivity index (χ0v) is 25.5. The van der Waals surface area contributed by atoms with E-state index in [-0.39, 0.29) is 18.9 Å². The number of fused-ring (bicyclic) bond motifs is 1. The number of hydrogen-bond donors (Lipinski definition) is 0. The first-order chi connectivity index (χ1) is 20.1. The van der Waals surface area contributed by atoms with Gasteiger partial charge in [-0.3, -0.25) is 14.5 Å². The molecule has 1 aliphatic carbocycles. The monoisotopic (exact) mass is 604 g/mol. The summed E-state index contributed by atoms with van der Waals surface area (Å²) in [7, 11) is 2.61. The summed E-state index contributed by atoms with van der Waals surface area (Å²) in [6.45, 7) is 7.22. The van der Waals surface area contributed by atoms with Crippen LogP contribution in [-0.4, -0.2) is 55.2 Å². The van der Waals surface area contributed by atoms with Gasteiger partial charge in [-0.05, 0) is 93.3 Å². The molecular formula is C32H39F3N2O6. The van der Waals surface area contributed by atoms with Gasteiger partial charge in [0, 0.05) is 19.3 Å². The lowest BCUT2D eigenvalue weighted by Crippen LogP contribution is -2.51. The average molecular weight is 605 g/mol. The number of nitrogens with zero attached hydrogens (tertiary/aromatic N) is 2. The quantitative estimate of drug-likeness (QED) is 0.318. The van der Waals surface area contributed by atoms with E-state index < -0.39 is 41.4 Å². The zero-order valence-electron chi connectivity index (χ0n) is 25.5. The molecule has 234 valence electrons. The molecule has 4 rings (SSSR count). The Morgan fingerprint density at radius 3 is 2.37 bits per heavy atom. The molecule has 1 fully saturated rings. The highest BCUT2D eigenvalue weighted by Crippen LogP contribution is 2.43. The minimum atomic E-state index is -4.44. The minimum absolute atomic E-state index is 0.0435. The fraction of sp³-hybridized carbons (Fsp3) is 0.531. The van der Waals surface area contributed by atoms with Crippen molar-refractivity contribution in [2.75, 3.05) is 25.6 Å². The summed E-state index contributed by atoms with van der Waals surface area (Å²) in [6.07, 6.45) is -2.55. The van der Waals surface area contributed by atoms with E-state index >= 15 is 0 Å². The van der Waals surface area contributed by atoms with Gasteiger partial charge in [-0.15, -0.1) is 0 Å². The van der Waals surface area contributed by atoms with E-state index in [2.05, 4.69) is 0 Å². The first kappa shape index (κ1) is 32.2. The highest BCUT2D eigenvalue weighted by Gasteiger charge is 2.39. The van der Waals surface area contributed by atoms with Crippen molar-refractivity contribution in [1.29, 1.82) is 0 Å². The summed E-state index contributed by atoms with van der Waals surface area (Å²) in [5, 5.41) is 0. The Bertz CT molecular complexity index is 1380. The maximum absolute atomic E-state index is 13.8. The van der Waals surface area contributed by atoms with Gasteiger partial charge in [0.15, 0.2) is 0 Å². The number of ether oxygens (including phenoxy) is 3. The second-order valence-corrected chi connectivity index (χ2v) is 12.1. The Morgan fingerprint density at radius 1 is 1.09 bits per heavy atom. The van der Waals surface area contributed by atoms with E-state index in [0.29, 0.717) is 35.5 Å². The molecule has 11 heteroatoms. The summed E-state index contributed by atoms with van der Waals surface area (Å²) in [5.41, 5.74) is 1.60. The minimum Gasteiger partial charge on any atom is -0.489 e. The molecule has 8 nitrogen and oxygen atoms in total. The summed E-state index contributed by atoms with van der Waals surface area (Å²) in [6, 6.07) is 6.68. The summed E-state index contributed by atoms with van der Waals surface area (Å²) < 4.78 is 57.6. The van der Waals surface area contributed by atoms with Crippen molar-refractivity contribution in [3.63, 3.8) is 0 Å². The summed E-state index contributed by atoms with van der Waals surface area (Å²) in [5.74, 6) is -0.659. The lowest BCUT2D eigenvalue weighted by atomic mass is 9.78. The van der Waals surface area contributed by atoms with Crippen LogP contribution in [0, 0.1) is 6.92 Å². The molecule has 0 radical (unpaired) electrons. The number of alkyl halides is 3. The highest BCUT2D eigenvalue weighted by atomic mass is 19.4. The number of benzene rings is 2. The number of halogens is 3. The van der Waals surface area contributed by atoms with Crippen LogP contribution in [-0.2, 0) is 38.3 Å². The lowest BCUT2D eigenvalue weighted by molar-refractivity contribution is -0.144. The standard InChI is InChI=1S/C32H39F3N2O6/c1-19-22-14-15-37(29(39)26(17-28(38)41-6)36(5)30(40)43-31(2,3)4)25(22)12-13-27(19)42-18-20-10-11-23(21-8-7-9-21)24(16-20)32(33,34)35/h10-13,16,21,26H,7-9,14-15,17-18H2,1-6H3. The second-order valence-electron chi connectivity index (χ2n) is 12.1. The Morgan fingerprint density at radius 2 is 1.79 bits per heavy atom. The number of hydrogen-bond acceptors (Lipinski definition) is 6. The molecule has 0 bridgehead atoms. The highest BCUT2D eigenvalue weighted by molar-refractivity contribution is 6.02. The van der Waals surface area contributed by atoms with Gasteiger partial charge in [-0.1, -0.05) is 18.6 Å². The average Bonchev–Trinajstić information content (AvgIpc) is 3.33. The molecule has 43 heavy (non-hydrogen) atoms. The molecule has 0 N–H and O–H groups in total. The predicted molar refractivity (Wildman–Crippen MR) is 154 cm³/mol. The molecular weight excluding hydrogens is 565 g/mol. The smallest absolute Gasteiger partial charge is 0.416 e. The van der Waals surface area contributed by atoms with Gasteiger partial charge in [0.05, 0.1) is 19.1 Å². The molecule has 1 unspecified atom stereocenters. The Labute approximate surface area is 250 Å². The molecule has 2 aliphatic rings. The molecule has 1 atom stereocenters. The molecule has 1 saturated carbocycles. The van der Waals surface area contributed by atoms with E-state index in [0.717, 1.165) is 35.3 Å². The first-order valence-corrected chi connectivity index (χ1v) is 14.4. The molecule has 2 aromatic rings. The van der Waals surface area contributed by atoms with E-state index in [4.69, 9.17) is 14.2 Å². The van der Waals surface area contributed by atoms with Crippen LogP contribution in [0.1, 0.15) is 80.2 Å². The number of likely N-dealkylation sites (N-methyl/N-ethyl adjacent to an activating group) is 1. The van der Waals surface area contributed by atoms with Gasteiger partial charge in [-0.2, -0.15) is 13.2 Å². The van der Waals surface area contributed by atoms with Crippen molar-refractivity contribution in [2.45, 2.75) is 90.1 Å². The Hall–Kier alpha value is -3.76. The number of esters is 1. The van der Waals surface area contributed by atoms with Crippen LogP contribution in [0.3, 0.4) is 0 Å². The Balaban J connectivity index is 1.52. The van der Waals surface area contributed by atoms with Crippen LogP contribution in [0.2, 0.25) is 0 Å². The number of carbonyl (C=O) groups excluding carboxylic acids is 3. The lowest BCUT2D eigenvalue weighted by Gasteiger charge is -2.32. The molecule has 2 aromatic carbocycles. The van der Waals surface area contributed by atoms with Crippen LogP contribution in [0.4, 0.5) is 23.7 Å². The van der Waals surface area contributed by atoms with Gasteiger partial charge >= 0.3 is 18.2 Å². The largest absolute Gasteiger partial charge is 0.489 e. The fourth-order valence-corrected chi connectivity index (χ4v) is 5.47. The van der Waals surface area contributed by atoms with Crippen LogP contribution >= 0.6 is 0 Å². The van der Waals surface area contributed by atoms with Crippen molar-refractivity contribution in [2.24, 2.45) is 0 Å². The van der Waals surface area contributed by atoms with Crippen molar-refractivity contribution in [3.8, 4) is 5.75 Å². The maximum Gasteiger partial charge on any atom is 0.416 e. The SMILES string of the molecule is COC(=O)CC(C(=O)N1CCc2c1ccc(OCc1ccc(C3CCC3)c(C(F)(F)F)c1)c2C)N(C)C(=O)OC(C)(C)C. The molecule has 0 aromatic heterocycles. The van der Waals surface area contributed by atoms with E-state index in [9.17, 15) is 27.6 Å². The van der Waals surface area contributed by atoms with E-state index in [1.165, 1.54) is 25.1 Å². The Kier molecular flexibility index (Phi) is 9.32. The van der Waals surface area contributed by atoms with Crippen molar-refractivity contribution in [3.05, 3.63) is 58.1 Å². The second kappa shape index (κ2) is 12.5. The molecule has 1 heterocycles. The summed E-state index contributed by atoms with van der Waals surface area (Å²) in [4.78, 5) is 41.3. The number of carbonyl (C=O) groups is 3. The maximum atomic E-state index is 13.8. The van der Waals surface area contributed by atoms with Gasteiger partial charge in [0.1, 0.15) is 24.0 Å². The van der Waals surface area contributed by atoms with Gasteiger partial charge in [0.25, 0.3) is 5.91 Å². The molecule has 2 amide bonds. The zero-order chi connectivity index (χ0) is 31.7. The van der Waals surface area contributed by atoms with Crippen LogP contribution < -0.4 is 9.64 Å². The normalized spacial score (nSPS) is 15.8. The third-order valence-electron chi connectivity index (χ3n) is 8.05. The fourth-order valence-electron chi connectivity index (χ4n) is 5.47. The van der Waals surface area contributed by atoms with E-state index in [1.807, 2.05) is 6.92 Å². The third kappa shape index (κ3) is 7.25. The predicted octanol–water partition coefficient (Wildman–Crippen LogP) is 6.55. The van der Waals surface area contributed by atoms with Gasteiger partial charge < -0.3 is 19.1 Å². The first-order valence-electron chi connectivity index (χ1n) is 14.4. The number of rotatable bonds is 8. The van der Waals surface area contributed by atoms with Crippen molar-refractivity contribution < 1.29 is 41.8 Å². The summed E-state index contributed by atoms with van der Waals surface area (Å²) >= 11 is 0. The van der Waals surface area contributed by atoms with Crippen molar-refractivity contribution >= 4 is 23.7 Å². The molecule has 0 spiro atoms. The van der Waals surface area contributed by atoms with E-state index in [1.54, 1.807) is 45.0 Å². The van der Waals surface area contributed by atoms with Crippen molar-refractivity contribution in [1.82, 2.24) is 4.90 Å². The van der Waals surface area contributed by atoms with Crippen LogP contribution in [0.15, 0.2) is 30.3 Å². The number of amides is 2. The number of anilines is 1. The topological polar surface area (TPSA) is 85.4 Å². The van der Waals surface area contributed by atoms with Gasteiger partial charge in [0.2, 0.25) is 0 Å².